The lowest BCUT2D eigenvalue weighted by Gasteiger charge is -2.31. The fraction of sp³-hybridized carbons (Fsp3) is 0.300. The molecule has 0 spiro atoms. The van der Waals surface area contributed by atoms with Gasteiger partial charge >= 0.3 is 0 Å². The van der Waals surface area contributed by atoms with Crippen molar-refractivity contribution in [3.05, 3.63) is 72.4 Å². The van der Waals surface area contributed by atoms with E-state index >= 15 is 0 Å². The summed E-state index contributed by atoms with van der Waals surface area (Å²) in [4.78, 5) is 23.9. The molecule has 1 aliphatic heterocycles. The van der Waals surface area contributed by atoms with Crippen LogP contribution < -0.4 is 14.8 Å². The minimum absolute atomic E-state index is 0.0572. The predicted molar refractivity (Wildman–Crippen MR) is 155 cm³/mol. The van der Waals surface area contributed by atoms with Crippen molar-refractivity contribution in [2.45, 2.75) is 38.4 Å². The second kappa shape index (κ2) is 11.0. The van der Waals surface area contributed by atoms with E-state index in [0.717, 1.165) is 27.1 Å². The molecule has 0 saturated carbocycles. The molecule has 0 radical (unpaired) electrons. The molecule has 0 unspecified atom stereocenters. The first-order valence-corrected chi connectivity index (χ1v) is 13.7. The third-order valence-electron chi connectivity index (χ3n) is 6.88. The summed E-state index contributed by atoms with van der Waals surface area (Å²) in [5, 5.41) is 17.2. The Kier molecular flexibility index (Phi) is 7.54. The summed E-state index contributed by atoms with van der Waals surface area (Å²) >= 11 is 1.66. The summed E-state index contributed by atoms with van der Waals surface area (Å²) in [5.41, 5.74) is 2.18. The van der Waals surface area contributed by atoms with Gasteiger partial charge in [0, 0.05) is 53.5 Å². The van der Waals surface area contributed by atoms with Crippen LogP contribution in [0.4, 0.5) is 11.5 Å². The first kappa shape index (κ1) is 26.6. The van der Waals surface area contributed by atoms with Crippen LogP contribution in [-0.2, 0) is 10.4 Å². The number of hydrogen-bond acceptors (Lipinski definition) is 8. The number of aliphatic hydroxyl groups is 1. The van der Waals surface area contributed by atoms with Crippen LogP contribution in [0.25, 0.3) is 21.3 Å². The number of piperidine rings is 1. The maximum Gasteiger partial charge on any atom is 0.245 e. The maximum atomic E-state index is 12.0. The number of aromatic nitrogens is 2. The average Bonchev–Trinajstić information content (AvgIpc) is 3.48. The van der Waals surface area contributed by atoms with E-state index < -0.39 is 5.60 Å². The molecule has 0 bridgehead atoms. The van der Waals surface area contributed by atoms with Gasteiger partial charge in [0.05, 0.1) is 18.2 Å². The highest BCUT2D eigenvalue weighted by Gasteiger charge is 2.25. The highest BCUT2D eigenvalue weighted by Crippen LogP contribution is 2.39. The largest absolute Gasteiger partial charge is 0.493 e. The zero-order valence-corrected chi connectivity index (χ0v) is 23.1. The van der Waals surface area contributed by atoms with Gasteiger partial charge in [-0.05, 0) is 49.1 Å². The number of nitrogens with one attached hydrogen (secondary N) is 1. The van der Waals surface area contributed by atoms with E-state index in [4.69, 9.17) is 9.47 Å². The molecule has 0 atom stereocenters. The standard InChI is InChI=1S/C30H32N4O4S/c1-5-28(35)34-12-10-20(11-13-34)38-26-16-21-23(17-25(26)37-4)31-18-32-29(21)33-24-15-19(27-7-6-14-39-27)8-9-22(24)30(2,3)36/h5-9,14-18,20,36H,1,10-13H2,2-4H3,(H,31,32,33). The SMILES string of the molecule is C=CC(=O)N1CCC(Oc2cc3c(Nc4cc(-c5cccs5)ccc4C(C)(C)O)ncnc3cc2OC)CC1. The summed E-state index contributed by atoms with van der Waals surface area (Å²) in [6, 6.07) is 13.8. The van der Waals surface area contributed by atoms with Crippen molar-refractivity contribution in [3.63, 3.8) is 0 Å². The fourth-order valence-corrected chi connectivity index (χ4v) is 5.55. The lowest BCUT2D eigenvalue weighted by molar-refractivity contribution is -0.127. The molecule has 9 heteroatoms. The highest BCUT2D eigenvalue weighted by atomic mass is 32.1. The maximum absolute atomic E-state index is 12.0. The number of ether oxygens (including phenoxy) is 2. The third-order valence-corrected chi connectivity index (χ3v) is 7.80. The number of fused-ring (bicyclic) bond motifs is 1. The Morgan fingerprint density at radius 1 is 1.18 bits per heavy atom. The number of nitrogens with zero attached hydrogens (tertiary/aromatic N) is 3. The molecule has 39 heavy (non-hydrogen) atoms. The zero-order chi connectivity index (χ0) is 27.6. The van der Waals surface area contributed by atoms with Crippen molar-refractivity contribution >= 4 is 39.7 Å². The van der Waals surface area contributed by atoms with Crippen LogP contribution in [-0.4, -0.2) is 52.2 Å². The summed E-state index contributed by atoms with van der Waals surface area (Å²) in [6.07, 6.45) is 4.21. The number of anilines is 2. The molecule has 2 aromatic heterocycles. The van der Waals surface area contributed by atoms with Crippen LogP contribution in [0.3, 0.4) is 0 Å². The summed E-state index contributed by atoms with van der Waals surface area (Å²) in [7, 11) is 1.60. The van der Waals surface area contributed by atoms with Crippen LogP contribution in [0, 0.1) is 0 Å². The number of carbonyl (C=O) groups excluding carboxylic acids is 1. The minimum atomic E-state index is -1.07. The van der Waals surface area contributed by atoms with Gasteiger partial charge in [0.2, 0.25) is 5.91 Å². The van der Waals surface area contributed by atoms with Gasteiger partial charge in [0.1, 0.15) is 18.2 Å². The number of methoxy groups -OCH3 is 1. The molecule has 2 N–H and O–H groups in total. The number of amides is 1. The van der Waals surface area contributed by atoms with Gasteiger partial charge in [-0.15, -0.1) is 11.3 Å². The van der Waals surface area contributed by atoms with E-state index in [1.807, 2.05) is 41.8 Å². The second-order valence-electron chi connectivity index (χ2n) is 10.0. The molecule has 1 amide bonds. The molecule has 3 heterocycles. The molecule has 0 aliphatic carbocycles. The monoisotopic (exact) mass is 544 g/mol. The zero-order valence-electron chi connectivity index (χ0n) is 22.3. The molecule has 8 nitrogen and oxygen atoms in total. The summed E-state index contributed by atoms with van der Waals surface area (Å²) in [6.45, 7) is 8.33. The first-order chi connectivity index (χ1) is 18.8. The first-order valence-electron chi connectivity index (χ1n) is 12.9. The van der Waals surface area contributed by atoms with Gasteiger partial charge in [-0.1, -0.05) is 24.8 Å². The van der Waals surface area contributed by atoms with E-state index in [9.17, 15) is 9.90 Å². The van der Waals surface area contributed by atoms with Crippen LogP contribution in [0.2, 0.25) is 0 Å². The van der Waals surface area contributed by atoms with Gasteiger partial charge in [-0.25, -0.2) is 9.97 Å². The average molecular weight is 545 g/mol. The normalized spacial score (nSPS) is 14.3. The van der Waals surface area contributed by atoms with E-state index in [0.29, 0.717) is 48.8 Å². The summed E-state index contributed by atoms with van der Waals surface area (Å²) in [5.74, 6) is 1.70. The Bertz CT molecular complexity index is 1490. The van der Waals surface area contributed by atoms with Crippen molar-refractivity contribution in [2.24, 2.45) is 0 Å². The molecule has 2 aromatic carbocycles. The number of hydrogen-bond donors (Lipinski definition) is 2. The van der Waals surface area contributed by atoms with Crippen LogP contribution >= 0.6 is 11.3 Å². The van der Waals surface area contributed by atoms with Gasteiger partial charge in [-0.3, -0.25) is 4.79 Å². The quantitative estimate of drug-likeness (QED) is 0.267. The Labute approximate surface area is 231 Å². The second-order valence-corrected chi connectivity index (χ2v) is 11.0. The van der Waals surface area contributed by atoms with Crippen molar-refractivity contribution in [1.82, 2.24) is 14.9 Å². The molecule has 5 rings (SSSR count). The highest BCUT2D eigenvalue weighted by molar-refractivity contribution is 7.13. The van der Waals surface area contributed by atoms with Crippen molar-refractivity contribution in [2.75, 3.05) is 25.5 Å². The molecule has 1 fully saturated rings. The van der Waals surface area contributed by atoms with E-state index in [-0.39, 0.29) is 12.0 Å². The van der Waals surface area contributed by atoms with Gasteiger partial charge < -0.3 is 24.8 Å². The molecular weight excluding hydrogens is 512 g/mol. The van der Waals surface area contributed by atoms with Gasteiger partial charge in [0.15, 0.2) is 11.5 Å². The molecule has 202 valence electrons. The van der Waals surface area contributed by atoms with Crippen LogP contribution in [0.15, 0.2) is 66.8 Å². The van der Waals surface area contributed by atoms with Crippen LogP contribution in [0.5, 0.6) is 11.5 Å². The molecule has 1 aliphatic rings. The Hall–Kier alpha value is -3.95. The molecular formula is C30H32N4O4S. The predicted octanol–water partition coefficient (Wildman–Crippen LogP) is 5.89. The number of likely N-dealkylation sites (tertiary alicyclic amines) is 1. The van der Waals surface area contributed by atoms with Crippen molar-refractivity contribution in [3.8, 4) is 21.9 Å². The lowest BCUT2D eigenvalue weighted by Crippen LogP contribution is -2.41. The smallest absolute Gasteiger partial charge is 0.245 e. The number of rotatable bonds is 8. The van der Waals surface area contributed by atoms with Crippen molar-refractivity contribution < 1.29 is 19.4 Å². The Balaban J connectivity index is 1.49. The van der Waals surface area contributed by atoms with E-state index in [1.165, 1.54) is 12.4 Å². The van der Waals surface area contributed by atoms with Gasteiger partial charge in [0.25, 0.3) is 0 Å². The lowest BCUT2D eigenvalue weighted by atomic mass is 9.94. The number of carbonyl (C=O) groups is 1. The van der Waals surface area contributed by atoms with Crippen molar-refractivity contribution in [1.29, 1.82) is 0 Å². The third kappa shape index (κ3) is 5.74. The van der Waals surface area contributed by atoms with Gasteiger partial charge in [-0.2, -0.15) is 0 Å². The topological polar surface area (TPSA) is 96.8 Å². The fourth-order valence-electron chi connectivity index (χ4n) is 4.82. The summed E-state index contributed by atoms with van der Waals surface area (Å²) < 4.78 is 12.0. The van der Waals surface area contributed by atoms with E-state index in [1.54, 1.807) is 37.2 Å². The Morgan fingerprint density at radius 2 is 1.97 bits per heavy atom. The van der Waals surface area contributed by atoms with E-state index in [2.05, 4.69) is 27.9 Å². The van der Waals surface area contributed by atoms with Crippen LogP contribution in [0.1, 0.15) is 32.3 Å². The molecule has 4 aromatic rings. The minimum Gasteiger partial charge on any atom is -0.493 e. The Morgan fingerprint density at radius 3 is 2.64 bits per heavy atom. The number of thiophene rings is 1. The number of benzene rings is 2. The molecule has 1 saturated heterocycles.